The number of rotatable bonds is 4. The van der Waals surface area contributed by atoms with Gasteiger partial charge in [0.05, 0.1) is 45.3 Å². The molecule has 0 spiro atoms. The van der Waals surface area contributed by atoms with Gasteiger partial charge in [-0.3, -0.25) is 0 Å². The summed E-state index contributed by atoms with van der Waals surface area (Å²) in [7, 11) is 0. The summed E-state index contributed by atoms with van der Waals surface area (Å²) in [5, 5.41) is 24.6. The fourth-order valence-corrected chi connectivity index (χ4v) is 7.36. The van der Waals surface area contributed by atoms with Crippen LogP contribution in [0.15, 0.2) is 158 Å². The molecule has 2 heterocycles. The number of nitrogens with zero attached hydrogens (tertiary/aromatic N) is 4. The topological polar surface area (TPSA) is 57.4 Å². The van der Waals surface area contributed by atoms with Gasteiger partial charge in [-0.25, -0.2) is 0 Å². The highest BCUT2D eigenvalue weighted by atomic mass is 15.0. The quantitative estimate of drug-likeness (QED) is 0.199. The number of nitriles is 2. The van der Waals surface area contributed by atoms with Gasteiger partial charge in [0.25, 0.3) is 0 Å². The molecule has 0 atom stereocenters. The van der Waals surface area contributed by atoms with Crippen molar-refractivity contribution in [1.82, 2.24) is 9.13 Å². The fourth-order valence-electron chi connectivity index (χ4n) is 7.36. The van der Waals surface area contributed by atoms with Crippen molar-refractivity contribution in [1.29, 1.82) is 10.5 Å². The van der Waals surface area contributed by atoms with E-state index in [9.17, 15) is 10.5 Å². The maximum atomic E-state index is 9.97. The molecular weight excluding hydrogens is 585 g/mol. The molecule has 0 aliphatic carbocycles. The lowest BCUT2D eigenvalue weighted by Gasteiger charge is -2.13. The molecule has 9 rings (SSSR count). The summed E-state index contributed by atoms with van der Waals surface area (Å²) in [5.41, 5.74) is 11.3. The lowest BCUT2D eigenvalue weighted by molar-refractivity contribution is 1.17. The summed E-state index contributed by atoms with van der Waals surface area (Å²) < 4.78 is 4.71. The summed E-state index contributed by atoms with van der Waals surface area (Å²) in [4.78, 5) is 0. The Hall–Kier alpha value is -6.88. The Labute approximate surface area is 277 Å². The van der Waals surface area contributed by atoms with Crippen LogP contribution < -0.4 is 0 Å². The molecule has 0 amide bonds. The molecule has 48 heavy (non-hydrogen) atoms. The van der Waals surface area contributed by atoms with Crippen LogP contribution in [0.5, 0.6) is 0 Å². The minimum atomic E-state index is 0.483. The molecule has 4 heteroatoms. The first-order valence-corrected chi connectivity index (χ1v) is 15.9. The first-order chi connectivity index (χ1) is 23.7. The zero-order chi connectivity index (χ0) is 32.2. The highest BCUT2D eigenvalue weighted by Crippen LogP contribution is 2.42. The lowest BCUT2D eigenvalue weighted by Crippen LogP contribution is -1.97. The Kier molecular flexibility index (Phi) is 6.22. The SMILES string of the molecule is N#Cc1cccc(C#N)c1-c1cccc(-n2c3ccccc3c3ccc4c(c5ccccc5n4-c4cccc(-c5ccccc5)c4)c32)c1. The second kappa shape index (κ2) is 10.9. The number of aromatic nitrogens is 2. The van der Waals surface area contributed by atoms with Crippen molar-refractivity contribution in [2.75, 3.05) is 0 Å². The van der Waals surface area contributed by atoms with Crippen LogP contribution in [0.3, 0.4) is 0 Å². The van der Waals surface area contributed by atoms with E-state index in [1.54, 1.807) is 18.2 Å². The van der Waals surface area contributed by atoms with Gasteiger partial charge in [-0.15, -0.1) is 0 Å². The van der Waals surface area contributed by atoms with Gasteiger partial charge in [-0.1, -0.05) is 103 Å². The Morgan fingerprint density at radius 2 is 0.958 bits per heavy atom. The van der Waals surface area contributed by atoms with Gasteiger partial charge in [0.15, 0.2) is 0 Å². The molecular formula is C44H26N4. The average molecular weight is 611 g/mol. The van der Waals surface area contributed by atoms with E-state index in [0.717, 1.165) is 44.4 Å². The zero-order valence-electron chi connectivity index (χ0n) is 25.8. The summed E-state index contributed by atoms with van der Waals surface area (Å²) in [6.45, 7) is 0. The van der Waals surface area contributed by atoms with E-state index in [1.165, 1.54) is 27.3 Å². The van der Waals surface area contributed by atoms with Gasteiger partial charge in [0.2, 0.25) is 0 Å². The van der Waals surface area contributed by atoms with Crippen molar-refractivity contribution in [3.8, 4) is 45.8 Å². The summed E-state index contributed by atoms with van der Waals surface area (Å²) in [5.74, 6) is 0. The van der Waals surface area contributed by atoms with Gasteiger partial charge in [0, 0.05) is 38.5 Å². The molecule has 9 aromatic rings. The third-order valence-electron chi connectivity index (χ3n) is 9.38. The molecule has 222 valence electrons. The first kappa shape index (κ1) is 27.4. The van der Waals surface area contributed by atoms with Crippen molar-refractivity contribution < 1.29 is 0 Å². The Morgan fingerprint density at radius 3 is 1.69 bits per heavy atom. The van der Waals surface area contributed by atoms with Gasteiger partial charge >= 0.3 is 0 Å². The normalized spacial score (nSPS) is 11.3. The minimum absolute atomic E-state index is 0.483. The van der Waals surface area contributed by atoms with Crippen molar-refractivity contribution in [3.63, 3.8) is 0 Å². The van der Waals surface area contributed by atoms with E-state index in [2.05, 4.69) is 143 Å². The van der Waals surface area contributed by atoms with Crippen LogP contribution in [0.25, 0.3) is 77.2 Å². The summed E-state index contributed by atoms with van der Waals surface area (Å²) in [6.07, 6.45) is 0. The molecule has 0 aliphatic rings. The second-order valence-electron chi connectivity index (χ2n) is 12.0. The van der Waals surface area contributed by atoms with Crippen LogP contribution in [-0.2, 0) is 0 Å². The van der Waals surface area contributed by atoms with E-state index in [0.29, 0.717) is 16.7 Å². The third kappa shape index (κ3) is 4.07. The van der Waals surface area contributed by atoms with Crippen LogP contribution in [0.1, 0.15) is 11.1 Å². The zero-order valence-corrected chi connectivity index (χ0v) is 25.8. The first-order valence-electron chi connectivity index (χ1n) is 15.9. The van der Waals surface area contributed by atoms with Crippen LogP contribution in [0.2, 0.25) is 0 Å². The Morgan fingerprint density at radius 1 is 0.396 bits per heavy atom. The predicted molar refractivity (Wildman–Crippen MR) is 195 cm³/mol. The maximum Gasteiger partial charge on any atom is 0.0998 e. The summed E-state index contributed by atoms with van der Waals surface area (Å²) in [6, 6.07) is 59.0. The van der Waals surface area contributed by atoms with Crippen LogP contribution in [-0.4, -0.2) is 9.13 Å². The smallest absolute Gasteiger partial charge is 0.0998 e. The molecule has 0 saturated heterocycles. The van der Waals surface area contributed by atoms with E-state index < -0.39 is 0 Å². The van der Waals surface area contributed by atoms with Gasteiger partial charge in [0.1, 0.15) is 0 Å². The number of hydrogen-bond donors (Lipinski definition) is 0. The van der Waals surface area contributed by atoms with Crippen LogP contribution in [0, 0.1) is 22.7 Å². The molecule has 0 unspecified atom stereocenters. The number of benzene rings is 7. The fraction of sp³-hybridized carbons (Fsp3) is 0. The molecule has 0 N–H and O–H groups in total. The number of fused-ring (bicyclic) bond motifs is 7. The molecule has 4 nitrogen and oxygen atoms in total. The highest BCUT2D eigenvalue weighted by Gasteiger charge is 2.21. The molecule has 0 radical (unpaired) electrons. The minimum Gasteiger partial charge on any atom is -0.309 e. The standard InChI is InChI=1S/C44H26N4/c45-27-32-15-8-16-33(28-46)42(32)31-14-10-18-35(26-31)48-39-21-6-4-19-36(39)37-23-24-41-43(44(37)48)38-20-5-7-22-40(38)47(41)34-17-9-13-30(25-34)29-11-2-1-3-12-29/h1-26H. The molecule has 2 aromatic heterocycles. The molecule has 7 aromatic carbocycles. The van der Waals surface area contributed by atoms with Crippen molar-refractivity contribution >= 4 is 43.6 Å². The van der Waals surface area contributed by atoms with Gasteiger partial charge in [-0.05, 0) is 71.3 Å². The van der Waals surface area contributed by atoms with Crippen LogP contribution in [0.4, 0.5) is 0 Å². The van der Waals surface area contributed by atoms with E-state index in [1.807, 2.05) is 18.2 Å². The summed E-state index contributed by atoms with van der Waals surface area (Å²) >= 11 is 0. The third-order valence-corrected chi connectivity index (χ3v) is 9.38. The monoisotopic (exact) mass is 610 g/mol. The maximum absolute atomic E-state index is 9.97. The van der Waals surface area contributed by atoms with Crippen molar-refractivity contribution in [2.24, 2.45) is 0 Å². The van der Waals surface area contributed by atoms with E-state index in [4.69, 9.17) is 0 Å². The highest BCUT2D eigenvalue weighted by molar-refractivity contribution is 6.26. The lowest BCUT2D eigenvalue weighted by atomic mass is 9.95. The molecule has 0 aliphatic heterocycles. The van der Waals surface area contributed by atoms with E-state index >= 15 is 0 Å². The van der Waals surface area contributed by atoms with Gasteiger partial charge in [-0.2, -0.15) is 10.5 Å². The van der Waals surface area contributed by atoms with E-state index in [-0.39, 0.29) is 0 Å². The van der Waals surface area contributed by atoms with Crippen molar-refractivity contribution in [3.05, 3.63) is 169 Å². The average Bonchev–Trinajstić information content (AvgIpc) is 3.68. The predicted octanol–water partition coefficient (Wildman–Crippen LogP) is 11.0. The largest absolute Gasteiger partial charge is 0.309 e. The van der Waals surface area contributed by atoms with Crippen molar-refractivity contribution in [2.45, 2.75) is 0 Å². The molecule has 0 fully saturated rings. The van der Waals surface area contributed by atoms with Gasteiger partial charge < -0.3 is 9.13 Å². The Bertz CT molecular complexity index is 2770. The number of para-hydroxylation sites is 2. The molecule has 0 saturated carbocycles. The Balaban J connectivity index is 1.38. The van der Waals surface area contributed by atoms with Crippen LogP contribution >= 0.6 is 0 Å². The second-order valence-corrected chi connectivity index (χ2v) is 12.0. The molecule has 0 bridgehead atoms. The number of hydrogen-bond acceptors (Lipinski definition) is 2.